The van der Waals surface area contributed by atoms with Crippen molar-refractivity contribution in [2.75, 3.05) is 7.11 Å². The van der Waals surface area contributed by atoms with E-state index in [9.17, 15) is 4.39 Å². The van der Waals surface area contributed by atoms with E-state index in [2.05, 4.69) is 0 Å². The number of methoxy groups -OCH3 is 1. The third-order valence-corrected chi connectivity index (χ3v) is 2.51. The second kappa shape index (κ2) is 5.69. The van der Waals surface area contributed by atoms with E-state index >= 15 is 0 Å². The van der Waals surface area contributed by atoms with Crippen LogP contribution in [-0.4, -0.2) is 17.3 Å². The van der Waals surface area contributed by atoms with Crippen LogP contribution in [-0.2, 0) is 0 Å². The van der Waals surface area contributed by atoms with E-state index in [0.29, 0.717) is 11.5 Å². The van der Waals surface area contributed by atoms with Crippen molar-refractivity contribution in [1.29, 1.82) is 0 Å². The molecule has 19 heavy (non-hydrogen) atoms. The Balaban J connectivity index is 2.26. The molecule has 4 nitrogen and oxygen atoms in total. The maximum atomic E-state index is 13.0. The normalized spacial score (nSPS) is 10.6. The molecule has 2 rings (SSSR count). The smallest absolute Gasteiger partial charge is 0.182 e. The summed E-state index contributed by atoms with van der Waals surface area (Å²) in [6, 6.07) is 10.2. The second-order valence-corrected chi connectivity index (χ2v) is 3.84. The molecule has 0 fully saturated rings. The van der Waals surface area contributed by atoms with Gasteiger partial charge < -0.3 is 19.7 Å². The van der Waals surface area contributed by atoms with Crippen LogP contribution in [0.15, 0.2) is 42.5 Å². The fraction of sp³-hybridized carbons (Fsp3) is 0.143. The zero-order chi connectivity index (χ0) is 13.8. The van der Waals surface area contributed by atoms with Crippen LogP contribution >= 0.6 is 0 Å². The topological polar surface area (TPSA) is 58.9 Å². The van der Waals surface area contributed by atoms with Crippen molar-refractivity contribution in [2.45, 2.75) is 6.29 Å². The standard InChI is InChI=1S/C14H13FO4/c1-18-13-8-11(5-6-12(13)14(16)17)19-10-4-2-3-9(15)7-10/h2-8,14,16-17H,1H3. The fourth-order valence-corrected chi connectivity index (χ4v) is 1.63. The molecule has 2 N–H and O–H groups in total. The highest BCUT2D eigenvalue weighted by Crippen LogP contribution is 2.31. The van der Waals surface area contributed by atoms with Gasteiger partial charge in [0.15, 0.2) is 6.29 Å². The Morgan fingerprint density at radius 2 is 1.79 bits per heavy atom. The highest BCUT2D eigenvalue weighted by Gasteiger charge is 2.11. The van der Waals surface area contributed by atoms with Gasteiger partial charge in [-0.1, -0.05) is 6.07 Å². The summed E-state index contributed by atoms with van der Waals surface area (Å²) in [5, 5.41) is 18.3. The van der Waals surface area contributed by atoms with Gasteiger partial charge in [-0.15, -0.1) is 0 Å². The first-order valence-corrected chi connectivity index (χ1v) is 5.57. The number of aliphatic hydroxyl groups is 2. The number of ether oxygens (including phenoxy) is 2. The molecule has 0 aromatic heterocycles. The lowest BCUT2D eigenvalue weighted by atomic mass is 10.2. The number of hydrogen-bond acceptors (Lipinski definition) is 4. The molecule has 0 spiro atoms. The third kappa shape index (κ3) is 3.21. The molecule has 0 aliphatic carbocycles. The summed E-state index contributed by atoms with van der Waals surface area (Å²) in [4.78, 5) is 0. The van der Waals surface area contributed by atoms with Gasteiger partial charge in [0.1, 0.15) is 23.1 Å². The van der Waals surface area contributed by atoms with Crippen molar-refractivity contribution >= 4 is 0 Å². The van der Waals surface area contributed by atoms with Crippen molar-refractivity contribution in [3.63, 3.8) is 0 Å². The quantitative estimate of drug-likeness (QED) is 0.833. The molecule has 0 aliphatic heterocycles. The molecule has 0 saturated carbocycles. The first-order chi connectivity index (χ1) is 9.10. The van der Waals surface area contributed by atoms with Crippen LogP contribution in [0, 0.1) is 5.82 Å². The summed E-state index contributed by atoms with van der Waals surface area (Å²) < 4.78 is 23.5. The molecule has 2 aromatic carbocycles. The number of aliphatic hydroxyl groups excluding tert-OH is 1. The Bertz CT molecular complexity index is 569. The van der Waals surface area contributed by atoms with E-state index in [1.807, 2.05) is 0 Å². The highest BCUT2D eigenvalue weighted by atomic mass is 19.1. The molecule has 2 aromatic rings. The van der Waals surface area contributed by atoms with E-state index in [1.54, 1.807) is 12.1 Å². The summed E-state index contributed by atoms with van der Waals surface area (Å²) in [7, 11) is 1.41. The molecule has 0 saturated heterocycles. The molecule has 0 atom stereocenters. The molecule has 5 heteroatoms. The van der Waals surface area contributed by atoms with Crippen LogP contribution < -0.4 is 9.47 Å². The van der Waals surface area contributed by atoms with E-state index < -0.39 is 12.1 Å². The minimum absolute atomic E-state index is 0.231. The van der Waals surface area contributed by atoms with Crippen molar-refractivity contribution in [3.05, 3.63) is 53.8 Å². The van der Waals surface area contributed by atoms with Gasteiger partial charge in [-0.05, 0) is 24.3 Å². The maximum absolute atomic E-state index is 13.0. The molecule has 100 valence electrons. The van der Waals surface area contributed by atoms with Gasteiger partial charge in [0.2, 0.25) is 0 Å². The first-order valence-electron chi connectivity index (χ1n) is 5.57. The van der Waals surface area contributed by atoms with E-state index in [0.717, 1.165) is 0 Å². The van der Waals surface area contributed by atoms with Gasteiger partial charge in [0, 0.05) is 17.7 Å². The summed E-state index contributed by atoms with van der Waals surface area (Å²) >= 11 is 0. The van der Waals surface area contributed by atoms with Crippen LogP contribution in [0.25, 0.3) is 0 Å². The molecular formula is C14H13FO4. The fourth-order valence-electron chi connectivity index (χ4n) is 1.63. The van der Waals surface area contributed by atoms with Crippen LogP contribution in [0.5, 0.6) is 17.2 Å². The molecule has 0 bridgehead atoms. The number of benzene rings is 2. The Hall–Kier alpha value is -2.11. The number of rotatable bonds is 4. The lowest BCUT2D eigenvalue weighted by Crippen LogP contribution is -1.99. The Labute approximate surface area is 109 Å². The Morgan fingerprint density at radius 3 is 2.42 bits per heavy atom. The Kier molecular flexibility index (Phi) is 3.99. The van der Waals surface area contributed by atoms with Gasteiger partial charge >= 0.3 is 0 Å². The van der Waals surface area contributed by atoms with Crippen LogP contribution in [0.3, 0.4) is 0 Å². The van der Waals surface area contributed by atoms with Crippen molar-refractivity contribution < 1.29 is 24.1 Å². The molecule has 0 heterocycles. The Morgan fingerprint density at radius 1 is 1.05 bits per heavy atom. The van der Waals surface area contributed by atoms with Crippen LogP contribution in [0.1, 0.15) is 11.9 Å². The van der Waals surface area contributed by atoms with Crippen molar-refractivity contribution in [1.82, 2.24) is 0 Å². The monoisotopic (exact) mass is 264 g/mol. The van der Waals surface area contributed by atoms with Crippen LogP contribution in [0.2, 0.25) is 0 Å². The minimum Gasteiger partial charge on any atom is -0.496 e. The zero-order valence-electron chi connectivity index (χ0n) is 10.2. The van der Waals surface area contributed by atoms with Gasteiger partial charge in [-0.25, -0.2) is 4.39 Å². The minimum atomic E-state index is -1.63. The van der Waals surface area contributed by atoms with E-state index in [1.165, 1.54) is 37.4 Å². The summed E-state index contributed by atoms with van der Waals surface area (Å²) in [6.45, 7) is 0. The van der Waals surface area contributed by atoms with Crippen molar-refractivity contribution in [3.8, 4) is 17.2 Å². The van der Waals surface area contributed by atoms with Gasteiger partial charge in [-0.2, -0.15) is 0 Å². The van der Waals surface area contributed by atoms with Gasteiger partial charge in [-0.3, -0.25) is 0 Å². The number of halogens is 1. The average Bonchev–Trinajstić information content (AvgIpc) is 2.38. The average molecular weight is 264 g/mol. The van der Waals surface area contributed by atoms with Gasteiger partial charge in [0.25, 0.3) is 0 Å². The van der Waals surface area contributed by atoms with Gasteiger partial charge in [0.05, 0.1) is 7.11 Å². The molecule has 0 unspecified atom stereocenters. The summed E-state index contributed by atoms with van der Waals surface area (Å²) in [6.07, 6.45) is -1.63. The predicted molar refractivity (Wildman–Crippen MR) is 66.6 cm³/mol. The summed E-state index contributed by atoms with van der Waals surface area (Å²) in [5.41, 5.74) is 0.231. The van der Waals surface area contributed by atoms with Crippen molar-refractivity contribution in [2.24, 2.45) is 0 Å². The largest absolute Gasteiger partial charge is 0.496 e. The van der Waals surface area contributed by atoms with E-state index in [4.69, 9.17) is 19.7 Å². The SMILES string of the molecule is COc1cc(Oc2cccc(F)c2)ccc1C(O)O. The zero-order valence-corrected chi connectivity index (χ0v) is 10.2. The second-order valence-electron chi connectivity index (χ2n) is 3.84. The molecule has 0 aliphatic rings. The van der Waals surface area contributed by atoms with Crippen LogP contribution in [0.4, 0.5) is 4.39 Å². The van der Waals surface area contributed by atoms with E-state index in [-0.39, 0.29) is 11.3 Å². The lowest BCUT2D eigenvalue weighted by molar-refractivity contribution is -0.0439. The molecular weight excluding hydrogens is 251 g/mol. The predicted octanol–water partition coefficient (Wildman–Crippen LogP) is 2.61. The lowest BCUT2D eigenvalue weighted by Gasteiger charge is -2.12. The molecule has 0 amide bonds. The summed E-state index contributed by atoms with van der Waals surface area (Å²) in [5.74, 6) is 0.641. The maximum Gasteiger partial charge on any atom is 0.182 e. The molecule has 0 radical (unpaired) electrons. The highest BCUT2D eigenvalue weighted by molar-refractivity contribution is 5.43. The third-order valence-electron chi connectivity index (χ3n) is 2.51. The first kappa shape index (κ1) is 13.3. The number of hydrogen-bond donors (Lipinski definition) is 2.